The summed E-state index contributed by atoms with van der Waals surface area (Å²) in [6, 6.07) is -0.565. The number of amides is 1. The van der Waals surface area contributed by atoms with Gasteiger partial charge in [0.2, 0.25) is 5.91 Å². The van der Waals surface area contributed by atoms with Crippen molar-refractivity contribution in [1.82, 2.24) is 10.6 Å². The van der Waals surface area contributed by atoms with Crippen molar-refractivity contribution in [2.75, 3.05) is 20.2 Å². The van der Waals surface area contributed by atoms with Crippen LogP contribution in [0.4, 0.5) is 0 Å². The van der Waals surface area contributed by atoms with Gasteiger partial charge >= 0.3 is 5.97 Å². The first-order chi connectivity index (χ1) is 7.15. The topological polar surface area (TPSA) is 67.4 Å². The van der Waals surface area contributed by atoms with Gasteiger partial charge in [-0.1, -0.05) is 0 Å². The summed E-state index contributed by atoms with van der Waals surface area (Å²) in [6.45, 7) is 3.29. The van der Waals surface area contributed by atoms with E-state index in [0.29, 0.717) is 6.54 Å². The van der Waals surface area contributed by atoms with E-state index in [1.54, 1.807) is 6.92 Å². The zero-order valence-corrected chi connectivity index (χ0v) is 9.21. The SMILES string of the molecule is COC(=O)C(C)NC(=O)[C@H]1CCCNC1. The number of rotatable bonds is 3. The molecule has 1 saturated heterocycles. The molecule has 0 aromatic rings. The minimum absolute atomic E-state index is 0.0224. The Hall–Kier alpha value is -1.10. The molecule has 0 radical (unpaired) electrons. The smallest absolute Gasteiger partial charge is 0.328 e. The maximum Gasteiger partial charge on any atom is 0.328 e. The molecule has 1 fully saturated rings. The van der Waals surface area contributed by atoms with Gasteiger partial charge in [0.25, 0.3) is 0 Å². The van der Waals surface area contributed by atoms with Crippen LogP contribution in [0.5, 0.6) is 0 Å². The second kappa shape index (κ2) is 5.70. The molecule has 0 aliphatic carbocycles. The maximum atomic E-state index is 11.7. The highest BCUT2D eigenvalue weighted by molar-refractivity contribution is 5.85. The number of methoxy groups -OCH3 is 1. The predicted molar refractivity (Wildman–Crippen MR) is 55.2 cm³/mol. The maximum absolute atomic E-state index is 11.7. The molecule has 1 aliphatic heterocycles. The van der Waals surface area contributed by atoms with E-state index in [0.717, 1.165) is 19.4 Å². The van der Waals surface area contributed by atoms with Crippen LogP contribution in [0, 0.1) is 5.92 Å². The summed E-state index contributed by atoms with van der Waals surface area (Å²) < 4.78 is 4.53. The van der Waals surface area contributed by atoms with E-state index >= 15 is 0 Å². The Labute approximate surface area is 89.6 Å². The van der Waals surface area contributed by atoms with Crippen molar-refractivity contribution in [3.05, 3.63) is 0 Å². The van der Waals surface area contributed by atoms with Gasteiger partial charge in [-0.15, -0.1) is 0 Å². The van der Waals surface area contributed by atoms with E-state index in [1.807, 2.05) is 0 Å². The molecule has 15 heavy (non-hydrogen) atoms. The minimum atomic E-state index is -0.565. The number of esters is 1. The van der Waals surface area contributed by atoms with Gasteiger partial charge in [-0.05, 0) is 26.3 Å². The standard InChI is InChI=1S/C10H18N2O3/c1-7(10(14)15-2)12-9(13)8-4-3-5-11-6-8/h7-8,11H,3-6H2,1-2H3,(H,12,13)/t7?,8-/m0/s1. The van der Waals surface area contributed by atoms with Crippen molar-refractivity contribution >= 4 is 11.9 Å². The summed E-state index contributed by atoms with van der Waals surface area (Å²) in [4.78, 5) is 22.7. The van der Waals surface area contributed by atoms with Crippen molar-refractivity contribution < 1.29 is 14.3 Å². The Bertz CT molecular complexity index is 237. The zero-order valence-electron chi connectivity index (χ0n) is 9.21. The highest BCUT2D eigenvalue weighted by Gasteiger charge is 2.24. The van der Waals surface area contributed by atoms with Crippen molar-refractivity contribution in [3.63, 3.8) is 0 Å². The number of piperidine rings is 1. The molecular weight excluding hydrogens is 196 g/mol. The van der Waals surface area contributed by atoms with E-state index in [2.05, 4.69) is 15.4 Å². The van der Waals surface area contributed by atoms with Crippen LogP contribution in [0.3, 0.4) is 0 Å². The average molecular weight is 214 g/mol. The van der Waals surface area contributed by atoms with Crippen molar-refractivity contribution in [1.29, 1.82) is 0 Å². The Morgan fingerprint density at radius 2 is 2.27 bits per heavy atom. The second-order valence-corrected chi connectivity index (χ2v) is 3.80. The van der Waals surface area contributed by atoms with Gasteiger partial charge in [0, 0.05) is 6.54 Å². The van der Waals surface area contributed by atoms with Crippen LogP contribution in [0.15, 0.2) is 0 Å². The number of ether oxygens (including phenoxy) is 1. The number of nitrogens with one attached hydrogen (secondary N) is 2. The largest absolute Gasteiger partial charge is 0.467 e. The second-order valence-electron chi connectivity index (χ2n) is 3.80. The van der Waals surface area contributed by atoms with Crippen molar-refractivity contribution in [2.24, 2.45) is 5.92 Å². The van der Waals surface area contributed by atoms with Gasteiger partial charge in [0.15, 0.2) is 0 Å². The van der Waals surface area contributed by atoms with Gasteiger partial charge in [0.05, 0.1) is 13.0 Å². The molecule has 1 heterocycles. The van der Waals surface area contributed by atoms with E-state index in [1.165, 1.54) is 7.11 Å². The van der Waals surface area contributed by atoms with E-state index in [9.17, 15) is 9.59 Å². The Kier molecular flexibility index (Phi) is 4.55. The summed E-state index contributed by atoms with van der Waals surface area (Å²) in [7, 11) is 1.31. The first kappa shape index (κ1) is 12.0. The molecule has 2 N–H and O–H groups in total. The number of carbonyl (C=O) groups excluding carboxylic acids is 2. The summed E-state index contributed by atoms with van der Waals surface area (Å²) in [5, 5.41) is 5.80. The van der Waals surface area contributed by atoms with Gasteiger partial charge in [-0.3, -0.25) is 4.79 Å². The first-order valence-corrected chi connectivity index (χ1v) is 5.24. The van der Waals surface area contributed by atoms with Crippen LogP contribution in [-0.2, 0) is 14.3 Å². The Morgan fingerprint density at radius 1 is 1.53 bits per heavy atom. The van der Waals surface area contributed by atoms with Crippen molar-refractivity contribution in [2.45, 2.75) is 25.8 Å². The molecule has 1 rings (SSSR count). The van der Waals surface area contributed by atoms with Crippen molar-refractivity contribution in [3.8, 4) is 0 Å². The molecule has 1 unspecified atom stereocenters. The van der Waals surface area contributed by atoms with Crippen LogP contribution in [-0.4, -0.2) is 38.1 Å². The highest BCUT2D eigenvalue weighted by Crippen LogP contribution is 2.09. The third-order valence-corrected chi connectivity index (χ3v) is 2.58. The lowest BCUT2D eigenvalue weighted by atomic mass is 9.98. The fourth-order valence-electron chi connectivity index (χ4n) is 1.64. The van der Waals surface area contributed by atoms with Gasteiger partial charge in [-0.25, -0.2) is 4.79 Å². The monoisotopic (exact) mass is 214 g/mol. The lowest BCUT2D eigenvalue weighted by molar-refractivity contribution is -0.145. The predicted octanol–water partition coefficient (Wildman–Crippen LogP) is -0.336. The Balaban J connectivity index is 2.36. The third-order valence-electron chi connectivity index (χ3n) is 2.58. The average Bonchev–Trinajstić information content (AvgIpc) is 2.29. The molecule has 1 amide bonds. The zero-order chi connectivity index (χ0) is 11.3. The van der Waals surface area contributed by atoms with Crippen LogP contribution < -0.4 is 10.6 Å². The molecule has 5 heteroatoms. The number of carbonyl (C=O) groups is 2. The highest BCUT2D eigenvalue weighted by atomic mass is 16.5. The van der Waals surface area contributed by atoms with Crippen LogP contribution in [0.1, 0.15) is 19.8 Å². The fourth-order valence-corrected chi connectivity index (χ4v) is 1.64. The lowest BCUT2D eigenvalue weighted by Gasteiger charge is -2.23. The molecule has 0 saturated carbocycles. The van der Waals surface area contributed by atoms with E-state index in [4.69, 9.17) is 0 Å². The normalized spacial score (nSPS) is 22.9. The van der Waals surface area contributed by atoms with E-state index in [-0.39, 0.29) is 11.8 Å². The lowest BCUT2D eigenvalue weighted by Crippen LogP contribution is -2.46. The van der Waals surface area contributed by atoms with Gasteiger partial charge in [-0.2, -0.15) is 0 Å². The summed E-state index contributed by atoms with van der Waals surface area (Å²) >= 11 is 0. The van der Waals surface area contributed by atoms with Crippen LogP contribution in [0.25, 0.3) is 0 Å². The number of hydrogen-bond acceptors (Lipinski definition) is 4. The first-order valence-electron chi connectivity index (χ1n) is 5.24. The molecular formula is C10H18N2O3. The summed E-state index contributed by atoms with van der Waals surface area (Å²) in [6.07, 6.45) is 1.89. The molecule has 0 aromatic heterocycles. The molecule has 2 atom stereocenters. The molecule has 0 spiro atoms. The van der Waals surface area contributed by atoms with Crippen LogP contribution in [0.2, 0.25) is 0 Å². The fraction of sp³-hybridized carbons (Fsp3) is 0.800. The third kappa shape index (κ3) is 3.51. The molecule has 5 nitrogen and oxygen atoms in total. The number of hydrogen-bond donors (Lipinski definition) is 2. The quantitative estimate of drug-likeness (QED) is 0.631. The van der Waals surface area contributed by atoms with Gasteiger partial charge in [0.1, 0.15) is 6.04 Å². The molecule has 1 aliphatic rings. The molecule has 86 valence electrons. The minimum Gasteiger partial charge on any atom is -0.467 e. The Morgan fingerprint density at radius 3 is 2.80 bits per heavy atom. The molecule has 0 aromatic carbocycles. The van der Waals surface area contributed by atoms with Crippen LogP contribution >= 0.6 is 0 Å². The summed E-state index contributed by atoms with van der Waals surface area (Å²) in [5.41, 5.74) is 0. The van der Waals surface area contributed by atoms with E-state index < -0.39 is 12.0 Å². The molecule has 0 bridgehead atoms. The van der Waals surface area contributed by atoms with Gasteiger partial charge < -0.3 is 15.4 Å². The summed E-state index contributed by atoms with van der Waals surface area (Å²) in [5.74, 6) is -0.502.